The number of amides is 1. The van der Waals surface area contributed by atoms with E-state index in [9.17, 15) is 18.3 Å². The van der Waals surface area contributed by atoms with Crippen LogP contribution in [0.5, 0.6) is 0 Å². The minimum Gasteiger partial charge on any atom is -0.387 e. The zero-order valence-electron chi connectivity index (χ0n) is 12.8. The molecule has 0 radical (unpaired) electrons. The highest BCUT2D eigenvalue weighted by Crippen LogP contribution is 2.16. The molecule has 6 nitrogen and oxygen atoms in total. The highest BCUT2D eigenvalue weighted by atomic mass is 32.2. The van der Waals surface area contributed by atoms with Crippen LogP contribution in [0.4, 0.5) is 0 Å². The molecule has 1 heterocycles. The van der Waals surface area contributed by atoms with Crippen LogP contribution < -0.4 is 5.32 Å². The quantitative estimate of drug-likeness (QED) is 0.822. The number of nitrogens with zero attached hydrogens (tertiary/aromatic N) is 1. The molecule has 1 aromatic carbocycles. The third-order valence-electron chi connectivity index (χ3n) is 3.28. The number of sulfonamides is 1. The molecule has 0 saturated heterocycles. The normalized spacial score (nSPS) is 13.0. The second-order valence-corrected chi connectivity index (χ2v) is 8.03. The van der Waals surface area contributed by atoms with Crippen LogP contribution in [-0.2, 0) is 10.0 Å². The number of carbonyl (C=O) groups excluding carboxylic acids is 1. The van der Waals surface area contributed by atoms with Crippen molar-refractivity contribution in [3.8, 4) is 0 Å². The monoisotopic (exact) mass is 354 g/mol. The van der Waals surface area contributed by atoms with Crippen LogP contribution in [0, 0.1) is 0 Å². The van der Waals surface area contributed by atoms with Gasteiger partial charge in [-0.3, -0.25) is 4.79 Å². The Morgan fingerprint density at radius 3 is 2.43 bits per heavy atom. The fourth-order valence-electron chi connectivity index (χ4n) is 1.86. The first kappa shape index (κ1) is 17.6. The van der Waals surface area contributed by atoms with Crippen molar-refractivity contribution in [2.24, 2.45) is 0 Å². The molecule has 0 bridgehead atoms. The molecule has 2 N–H and O–H groups in total. The first-order chi connectivity index (χ1) is 10.8. The van der Waals surface area contributed by atoms with Crippen LogP contribution in [0.3, 0.4) is 0 Å². The van der Waals surface area contributed by atoms with Crippen LogP contribution in [0.1, 0.15) is 22.0 Å². The maximum atomic E-state index is 12.0. The molecule has 23 heavy (non-hydrogen) atoms. The Bertz CT molecular complexity index is 753. The molecule has 0 fully saturated rings. The summed E-state index contributed by atoms with van der Waals surface area (Å²) in [7, 11) is -0.619. The number of hydrogen-bond donors (Lipinski definition) is 2. The van der Waals surface area contributed by atoms with Crippen molar-refractivity contribution in [1.82, 2.24) is 9.62 Å². The van der Waals surface area contributed by atoms with Gasteiger partial charge in [0.1, 0.15) is 0 Å². The number of benzene rings is 1. The summed E-state index contributed by atoms with van der Waals surface area (Å²) in [5, 5.41) is 16.2. The smallest absolute Gasteiger partial charge is 0.251 e. The number of rotatable bonds is 6. The van der Waals surface area contributed by atoms with E-state index < -0.39 is 16.1 Å². The van der Waals surface area contributed by atoms with Gasteiger partial charge in [0.2, 0.25) is 10.0 Å². The fraction of sp³-hybridized carbons (Fsp3) is 0.267. The zero-order chi connectivity index (χ0) is 17.0. The lowest BCUT2D eigenvalue weighted by atomic mass is 10.2. The van der Waals surface area contributed by atoms with E-state index in [0.29, 0.717) is 5.56 Å². The van der Waals surface area contributed by atoms with Gasteiger partial charge in [-0.2, -0.15) is 11.3 Å². The minimum absolute atomic E-state index is 0.0906. The molecule has 2 aromatic rings. The number of nitrogens with one attached hydrogen (secondary N) is 1. The molecule has 1 amide bonds. The molecule has 8 heteroatoms. The van der Waals surface area contributed by atoms with E-state index >= 15 is 0 Å². The predicted octanol–water partition coefficient (Wildman–Crippen LogP) is 1.46. The summed E-state index contributed by atoms with van der Waals surface area (Å²) in [4.78, 5) is 12.2. The van der Waals surface area contributed by atoms with Gasteiger partial charge in [0.25, 0.3) is 5.91 Å². The van der Waals surface area contributed by atoms with Crippen molar-refractivity contribution < 1.29 is 18.3 Å². The maximum absolute atomic E-state index is 12.0. The van der Waals surface area contributed by atoms with Crippen molar-refractivity contribution in [3.63, 3.8) is 0 Å². The Kier molecular flexibility index (Phi) is 5.53. The predicted molar refractivity (Wildman–Crippen MR) is 88.9 cm³/mol. The SMILES string of the molecule is CN(C)S(=O)(=O)c1ccc(C(=O)NCC(O)c2ccsc2)cc1. The van der Waals surface area contributed by atoms with Gasteiger partial charge in [0.05, 0.1) is 11.0 Å². The van der Waals surface area contributed by atoms with E-state index in [1.54, 1.807) is 6.07 Å². The van der Waals surface area contributed by atoms with Crippen LogP contribution in [0.2, 0.25) is 0 Å². The Morgan fingerprint density at radius 1 is 1.26 bits per heavy atom. The van der Waals surface area contributed by atoms with Crippen molar-refractivity contribution in [1.29, 1.82) is 0 Å². The van der Waals surface area contributed by atoms with Crippen LogP contribution in [-0.4, -0.2) is 44.4 Å². The van der Waals surface area contributed by atoms with E-state index in [1.807, 2.05) is 10.8 Å². The van der Waals surface area contributed by atoms with Gasteiger partial charge >= 0.3 is 0 Å². The maximum Gasteiger partial charge on any atom is 0.251 e. The average Bonchev–Trinajstić information content (AvgIpc) is 3.06. The highest BCUT2D eigenvalue weighted by molar-refractivity contribution is 7.89. The number of aliphatic hydroxyl groups excluding tert-OH is 1. The van der Waals surface area contributed by atoms with Gasteiger partial charge in [-0.25, -0.2) is 12.7 Å². The van der Waals surface area contributed by atoms with Crippen molar-refractivity contribution in [3.05, 3.63) is 52.2 Å². The van der Waals surface area contributed by atoms with Gasteiger partial charge < -0.3 is 10.4 Å². The van der Waals surface area contributed by atoms with Gasteiger partial charge in [0, 0.05) is 26.2 Å². The van der Waals surface area contributed by atoms with E-state index in [4.69, 9.17) is 0 Å². The summed E-state index contributed by atoms with van der Waals surface area (Å²) >= 11 is 1.47. The molecule has 124 valence electrons. The molecule has 2 rings (SSSR count). The molecule has 0 saturated carbocycles. The Hall–Kier alpha value is -1.74. The van der Waals surface area contributed by atoms with Gasteiger partial charge in [0.15, 0.2) is 0 Å². The molecule has 1 atom stereocenters. The Labute approximate surface area is 139 Å². The summed E-state index contributed by atoms with van der Waals surface area (Å²) in [6.45, 7) is 0.0906. The molecular weight excluding hydrogens is 336 g/mol. The first-order valence-corrected chi connectivity index (χ1v) is 9.21. The van der Waals surface area contributed by atoms with E-state index in [0.717, 1.165) is 9.87 Å². The molecule has 1 aromatic heterocycles. The van der Waals surface area contributed by atoms with Gasteiger partial charge in [-0.05, 0) is 46.7 Å². The second kappa shape index (κ2) is 7.22. The topological polar surface area (TPSA) is 86.7 Å². The van der Waals surface area contributed by atoms with Crippen LogP contribution in [0.15, 0.2) is 46.0 Å². The van der Waals surface area contributed by atoms with Gasteiger partial charge in [-0.1, -0.05) is 0 Å². The molecular formula is C15H18N2O4S2. The standard InChI is InChI=1S/C15H18N2O4S2/c1-17(2)23(20,21)13-5-3-11(4-6-13)15(19)16-9-14(18)12-7-8-22-10-12/h3-8,10,14,18H,9H2,1-2H3,(H,16,19). The summed E-state index contributed by atoms with van der Waals surface area (Å²) < 4.78 is 25.0. The van der Waals surface area contributed by atoms with Crippen LogP contribution in [0.25, 0.3) is 0 Å². The second-order valence-electron chi connectivity index (χ2n) is 5.09. The van der Waals surface area contributed by atoms with E-state index in [-0.39, 0.29) is 17.3 Å². The molecule has 1 unspecified atom stereocenters. The lowest BCUT2D eigenvalue weighted by Crippen LogP contribution is -2.28. The van der Waals surface area contributed by atoms with Crippen molar-refractivity contribution >= 4 is 27.3 Å². The molecule has 0 aliphatic rings. The zero-order valence-corrected chi connectivity index (χ0v) is 14.4. The Morgan fingerprint density at radius 2 is 1.91 bits per heavy atom. The number of thiophene rings is 1. The van der Waals surface area contributed by atoms with Gasteiger partial charge in [-0.15, -0.1) is 0 Å². The molecule has 0 aliphatic heterocycles. The highest BCUT2D eigenvalue weighted by Gasteiger charge is 2.17. The third-order valence-corrected chi connectivity index (χ3v) is 5.81. The molecule has 0 aliphatic carbocycles. The fourth-order valence-corrected chi connectivity index (χ4v) is 3.47. The lowest BCUT2D eigenvalue weighted by molar-refractivity contribution is 0.0916. The van der Waals surface area contributed by atoms with Crippen molar-refractivity contribution in [2.75, 3.05) is 20.6 Å². The number of aliphatic hydroxyl groups is 1. The number of carbonyl (C=O) groups is 1. The summed E-state index contributed by atoms with van der Waals surface area (Å²) in [5.74, 6) is -0.368. The third kappa shape index (κ3) is 4.17. The first-order valence-electron chi connectivity index (χ1n) is 6.83. The summed E-state index contributed by atoms with van der Waals surface area (Å²) in [6.07, 6.45) is -0.765. The van der Waals surface area contributed by atoms with E-state index in [1.165, 1.54) is 49.7 Å². The largest absolute Gasteiger partial charge is 0.387 e. The minimum atomic E-state index is -3.51. The lowest BCUT2D eigenvalue weighted by Gasteiger charge is -2.12. The molecule has 0 spiro atoms. The van der Waals surface area contributed by atoms with Crippen LogP contribution >= 0.6 is 11.3 Å². The van der Waals surface area contributed by atoms with Crippen molar-refractivity contribution in [2.45, 2.75) is 11.0 Å². The average molecular weight is 354 g/mol. The number of hydrogen-bond acceptors (Lipinski definition) is 5. The summed E-state index contributed by atoms with van der Waals surface area (Å²) in [6, 6.07) is 7.47. The Balaban J connectivity index is 2.01. The van der Waals surface area contributed by atoms with E-state index in [2.05, 4.69) is 5.32 Å². The summed E-state index contributed by atoms with van der Waals surface area (Å²) in [5.41, 5.74) is 1.09.